The third kappa shape index (κ3) is 4.24. The summed E-state index contributed by atoms with van der Waals surface area (Å²) in [4.78, 5) is 31.1. The highest BCUT2D eigenvalue weighted by Crippen LogP contribution is 2.20. The first-order chi connectivity index (χ1) is 12.1. The molecular weight excluding hydrogens is 314 g/mol. The molecule has 2 amide bonds. The highest BCUT2D eigenvalue weighted by atomic mass is 16.2. The molecule has 130 valence electrons. The number of aromatic nitrogens is 1. The van der Waals surface area contributed by atoms with E-state index < -0.39 is 0 Å². The Kier molecular flexibility index (Phi) is 5.43. The van der Waals surface area contributed by atoms with E-state index in [0.29, 0.717) is 18.7 Å². The number of nitrogens with one attached hydrogen (secondary N) is 1. The van der Waals surface area contributed by atoms with E-state index >= 15 is 0 Å². The molecule has 0 aliphatic carbocycles. The molecule has 2 atom stereocenters. The molecular formula is C20H23N3O2. The summed E-state index contributed by atoms with van der Waals surface area (Å²) in [5.41, 5.74) is 1.65. The molecule has 3 rings (SSSR count). The van der Waals surface area contributed by atoms with Gasteiger partial charge in [-0.1, -0.05) is 24.3 Å². The van der Waals surface area contributed by atoms with E-state index in [1.807, 2.05) is 49.4 Å². The molecule has 2 heterocycles. The fourth-order valence-electron chi connectivity index (χ4n) is 3.19. The lowest BCUT2D eigenvalue weighted by Gasteiger charge is -2.32. The Balaban J connectivity index is 1.61. The van der Waals surface area contributed by atoms with Crippen LogP contribution in [0.5, 0.6) is 0 Å². The molecule has 1 aliphatic rings. The van der Waals surface area contributed by atoms with Gasteiger partial charge < -0.3 is 10.2 Å². The molecule has 0 radical (unpaired) electrons. The van der Waals surface area contributed by atoms with Gasteiger partial charge in [-0.15, -0.1) is 0 Å². The van der Waals surface area contributed by atoms with Crippen molar-refractivity contribution in [1.82, 2.24) is 15.2 Å². The molecule has 0 saturated carbocycles. The van der Waals surface area contributed by atoms with Gasteiger partial charge in [0, 0.05) is 31.0 Å². The summed E-state index contributed by atoms with van der Waals surface area (Å²) in [7, 11) is 0. The fraction of sp³-hybridized carbons (Fsp3) is 0.350. The van der Waals surface area contributed by atoms with Crippen LogP contribution in [0.15, 0.2) is 54.9 Å². The molecule has 1 aliphatic heterocycles. The molecule has 1 fully saturated rings. The Morgan fingerprint density at radius 3 is 2.72 bits per heavy atom. The van der Waals surface area contributed by atoms with Crippen LogP contribution in [0.1, 0.15) is 41.7 Å². The first-order valence-electron chi connectivity index (χ1n) is 8.70. The minimum atomic E-state index is -0.166. The molecule has 2 aromatic rings. The Morgan fingerprint density at radius 1 is 1.20 bits per heavy atom. The number of hydrogen-bond acceptors (Lipinski definition) is 3. The van der Waals surface area contributed by atoms with Gasteiger partial charge in [-0.3, -0.25) is 14.6 Å². The van der Waals surface area contributed by atoms with Crippen LogP contribution in [0.2, 0.25) is 0 Å². The summed E-state index contributed by atoms with van der Waals surface area (Å²) >= 11 is 0. The monoisotopic (exact) mass is 337 g/mol. The molecule has 0 unspecified atom stereocenters. The van der Waals surface area contributed by atoms with Crippen molar-refractivity contribution in [3.05, 3.63) is 66.0 Å². The van der Waals surface area contributed by atoms with Crippen LogP contribution in [0.25, 0.3) is 0 Å². The molecule has 1 saturated heterocycles. The van der Waals surface area contributed by atoms with Crippen molar-refractivity contribution in [3.8, 4) is 0 Å². The number of nitrogens with zero attached hydrogens (tertiary/aromatic N) is 2. The molecule has 1 N–H and O–H groups in total. The summed E-state index contributed by atoms with van der Waals surface area (Å²) in [6, 6.07) is 13.0. The van der Waals surface area contributed by atoms with Gasteiger partial charge in [0.05, 0.1) is 12.0 Å². The van der Waals surface area contributed by atoms with Gasteiger partial charge in [-0.2, -0.15) is 0 Å². The van der Waals surface area contributed by atoms with Crippen LogP contribution >= 0.6 is 0 Å². The number of hydrogen-bond donors (Lipinski definition) is 1. The summed E-state index contributed by atoms with van der Waals surface area (Å²) in [6.45, 7) is 3.12. The summed E-state index contributed by atoms with van der Waals surface area (Å²) in [5.74, 6) is -0.166. The highest BCUT2D eigenvalue weighted by Gasteiger charge is 2.29. The largest absolute Gasteiger partial charge is 0.349 e. The number of likely N-dealkylation sites (tertiary alicyclic amines) is 1. The third-order valence-corrected chi connectivity index (χ3v) is 4.64. The number of pyridine rings is 1. The Hall–Kier alpha value is -2.69. The summed E-state index contributed by atoms with van der Waals surface area (Å²) in [5, 5.41) is 3.05. The average Bonchev–Trinajstić information content (AvgIpc) is 2.68. The number of carbonyl (C=O) groups excluding carboxylic acids is 2. The van der Waals surface area contributed by atoms with Crippen molar-refractivity contribution in [1.29, 1.82) is 0 Å². The molecule has 0 bridgehead atoms. The second kappa shape index (κ2) is 7.92. The van der Waals surface area contributed by atoms with Crippen molar-refractivity contribution in [2.24, 2.45) is 5.92 Å². The second-order valence-corrected chi connectivity index (χ2v) is 6.47. The number of amides is 2. The standard InChI is InChI=1S/C20H23N3O2/c1-15(17-9-5-11-21-13-17)22-19(24)18-10-6-12-23(14-18)20(25)16-7-3-2-4-8-16/h2-5,7-9,11,13,15,18H,6,10,12,14H2,1H3,(H,22,24)/t15-,18-/m1/s1. The normalized spacial score (nSPS) is 18.4. The fourth-order valence-corrected chi connectivity index (χ4v) is 3.19. The maximum absolute atomic E-state index is 12.6. The van der Waals surface area contributed by atoms with E-state index in [4.69, 9.17) is 0 Å². The van der Waals surface area contributed by atoms with Crippen LogP contribution < -0.4 is 5.32 Å². The van der Waals surface area contributed by atoms with E-state index in [-0.39, 0.29) is 23.8 Å². The zero-order valence-electron chi connectivity index (χ0n) is 14.4. The zero-order valence-corrected chi connectivity index (χ0v) is 14.4. The predicted octanol–water partition coefficient (Wildman–Crippen LogP) is 2.81. The lowest BCUT2D eigenvalue weighted by molar-refractivity contribution is -0.127. The van der Waals surface area contributed by atoms with Gasteiger partial charge in [0.1, 0.15) is 0 Å². The van der Waals surface area contributed by atoms with Crippen molar-refractivity contribution in [3.63, 3.8) is 0 Å². The van der Waals surface area contributed by atoms with Gasteiger partial charge in [-0.25, -0.2) is 0 Å². The Morgan fingerprint density at radius 2 is 2.00 bits per heavy atom. The molecule has 5 nitrogen and oxygen atoms in total. The van der Waals surface area contributed by atoms with Crippen LogP contribution in [0.3, 0.4) is 0 Å². The Labute approximate surface area is 148 Å². The topological polar surface area (TPSA) is 62.3 Å². The van der Waals surface area contributed by atoms with Crippen LogP contribution in [-0.4, -0.2) is 34.8 Å². The number of rotatable bonds is 4. The van der Waals surface area contributed by atoms with E-state index in [0.717, 1.165) is 18.4 Å². The molecule has 25 heavy (non-hydrogen) atoms. The van der Waals surface area contributed by atoms with E-state index in [1.54, 1.807) is 17.3 Å². The quantitative estimate of drug-likeness (QED) is 0.933. The SMILES string of the molecule is C[C@@H](NC(=O)[C@@H]1CCCN(C(=O)c2ccccc2)C1)c1cccnc1. The summed E-state index contributed by atoms with van der Waals surface area (Å²) < 4.78 is 0. The lowest BCUT2D eigenvalue weighted by Crippen LogP contribution is -2.45. The maximum Gasteiger partial charge on any atom is 0.253 e. The third-order valence-electron chi connectivity index (χ3n) is 4.64. The van der Waals surface area contributed by atoms with Crippen LogP contribution in [0, 0.1) is 5.92 Å². The van der Waals surface area contributed by atoms with E-state index in [2.05, 4.69) is 10.3 Å². The van der Waals surface area contributed by atoms with E-state index in [9.17, 15) is 9.59 Å². The predicted molar refractivity (Wildman–Crippen MR) is 95.9 cm³/mol. The zero-order chi connectivity index (χ0) is 17.6. The van der Waals surface area contributed by atoms with Gasteiger partial charge >= 0.3 is 0 Å². The molecule has 5 heteroatoms. The van der Waals surface area contributed by atoms with Crippen molar-refractivity contribution in [2.45, 2.75) is 25.8 Å². The Bertz CT molecular complexity index is 718. The first kappa shape index (κ1) is 17.1. The average molecular weight is 337 g/mol. The minimum Gasteiger partial charge on any atom is -0.349 e. The van der Waals surface area contributed by atoms with Gasteiger partial charge in [0.25, 0.3) is 5.91 Å². The lowest BCUT2D eigenvalue weighted by atomic mass is 9.96. The van der Waals surface area contributed by atoms with Gasteiger partial charge in [0.15, 0.2) is 0 Å². The highest BCUT2D eigenvalue weighted by molar-refractivity contribution is 5.94. The number of piperidine rings is 1. The summed E-state index contributed by atoms with van der Waals surface area (Å²) in [6.07, 6.45) is 5.13. The van der Waals surface area contributed by atoms with Gasteiger partial charge in [-0.05, 0) is 43.5 Å². The van der Waals surface area contributed by atoms with Crippen molar-refractivity contribution < 1.29 is 9.59 Å². The van der Waals surface area contributed by atoms with Crippen LogP contribution in [0.4, 0.5) is 0 Å². The van der Waals surface area contributed by atoms with Crippen LogP contribution in [-0.2, 0) is 4.79 Å². The minimum absolute atomic E-state index is 0.00147. The second-order valence-electron chi connectivity index (χ2n) is 6.47. The van der Waals surface area contributed by atoms with Gasteiger partial charge in [0.2, 0.25) is 5.91 Å². The number of carbonyl (C=O) groups is 2. The molecule has 0 spiro atoms. The first-order valence-corrected chi connectivity index (χ1v) is 8.70. The van der Waals surface area contributed by atoms with Crippen molar-refractivity contribution >= 4 is 11.8 Å². The van der Waals surface area contributed by atoms with E-state index in [1.165, 1.54) is 0 Å². The molecule has 1 aromatic carbocycles. The maximum atomic E-state index is 12.6. The van der Waals surface area contributed by atoms with Crippen molar-refractivity contribution in [2.75, 3.05) is 13.1 Å². The number of benzene rings is 1. The molecule has 1 aromatic heterocycles. The smallest absolute Gasteiger partial charge is 0.253 e.